The molecule has 0 aliphatic carbocycles. The maximum absolute atomic E-state index is 12.9. The summed E-state index contributed by atoms with van der Waals surface area (Å²) in [6, 6.07) is 0. The van der Waals surface area contributed by atoms with E-state index in [2.05, 4.69) is 81.5 Å². The van der Waals surface area contributed by atoms with E-state index in [-0.39, 0.29) is 31.1 Å². The molecule has 0 spiro atoms. The number of allylic oxidation sites excluding steroid dienone is 10. The van der Waals surface area contributed by atoms with Crippen LogP contribution in [0.3, 0.4) is 0 Å². The summed E-state index contributed by atoms with van der Waals surface area (Å²) in [4.78, 5) is 38.4. The van der Waals surface area contributed by atoms with Crippen molar-refractivity contribution in [2.45, 2.75) is 367 Å². The summed E-state index contributed by atoms with van der Waals surface area (Å²) in [6.45, 7) is 6.56. The average Bonchev–Trinajstić information content (AvgIpc) is 3.44. The summed E-state index contributed by atoms with van der Waals surface area (Å²) in [5.74, 6) is -0.871. The Morgan fingerprint density at radius 3 is 0.782 bits per heavy atom. The highest BCUT2D eigenvalue weighted by atomic mass is 16.6. The minimum Gasteiger partial charge on any atom is -0.462 e. The van der Waals surface area contributed by atoms with Crippen molar-refractivity contribution in [3.63, 3.8) is 0 Å². The van der Waals surface area contributed by atoms with Gasteiger partial charge >= 0.3 is 17.9 Å². The van der Waals surface area contributed by atoms with Gasteiger partial charge in [-0.2, -0.15) is 0 Å². The Kier molecular flexibility index (Phi) is 64.2. The summed E-state index contributed by atoms with van der Waals surface area (Å²) in [5, 5.41) is 0. The van der Waals surface area contributed by atoms with Gasteiger partial charge in [-0.25, -0.2) is 0 Å². The van der Waals surface area contributed by atoms with Crippen LogP contribution in [-0.2, 0) is 28.6 Å². The second kappa shape index (κ2) is 66.6. The van der Waals surface area contributed by atoms with Gasteiger partial charge in [-0.15, -0.1) is 0 Å². The Morgan fingerprint density at radius 2 is 0.500 bits per heavy atom. The first-order valence-electron chi connectivity index (χ1n) is 34.3. The predicted octanol–water partition coefficient (Wildman–Crippen LogP) is 23.5. The molecule has 454 valence electrons. The van der Waals surface area contributed by atoms with Crippen molar-refractivity contribution in [3.8, 4) is 0 Å². The van der Waals surface area contributed by atoms with Crippen LogP contribution >= 0.6 is 0 Å². The van der Waals surface area contributed by atoms with Gasteiger partial charge < -0.3 is 14.2 Å². The zero-order valence-electron chi connectivity index (χ0n) is 52.2. The predicted molar refractivity (Wildman–Crippen MR) is 339 cm³/mol. The molecule has 0 bridgehead atoms. The molecule has 0 saturated carbocycles. The number of hydrogen-bond donors (Lipinski definition) is 0. The molecule has 6 nitrogen and oxygen atoms in total. The third-order valence-corrected chi connectivity index (χ3v) is 15.3. The molecule has 0 aromatic rings. The molecule has 1 unspecified atom stereocenters. The fourth-order valence-electron chi connectivity index (χ4n) is 10.1. The van der Waals surface area contributed by atoms with E-state index in [0.717, 1.165) is 103 Å². The molecule has 0 aliphatic heterocycles. The zero-order chi connectivity index (χ0) is 56.4. The van der Waals surface area contributed by atoms with Gasteiger partial charge in [0.15, 0.2) is 6.10 Å². The topological polar surface area (TPSA) is 78.9 Å². The number of unbranched alkanes of at least 4 members (excludes halogenated alkanes) is 42. The molecule has 0 fully saturated rings. The van der Waals surface area contributed by atoms with Crippen LogP contribution < -0.4 is 0 Å². The van der Waals surface area contributed by atoms with E-state index in [1.807, 2.05) is 0 Å². The van der Waals surface area contributed by atoms with Gasteiger partial charge in [-0.05, 0) is 83.5 Å². The van der Waals surface area contributed by atoms with Crippen LogP contribution in [0.5, 0.6) is 0 Å². The lowest BCUT2D eigenvalue weighted by atomic mass is 10.0. The standard InChI is InChI=1S/C72H130O6/c1-4-7-10-13-16-19-22-25-28-30-32-34-35-36-37-38-40-41-44-47-50-53-56-59-62-65-71(74)77-68-69(67-76-70(73)64-61-58-55-52-49-46-43-27-24-21-18-15-12-9-6-3)78-72(75)66-63-60-57-54-51-48-45-42-39-33-31-29-26-23-20-17-14-11-8-5-2/h9,12,18,21-22,25,27,30,32,43,69H,4-8,10-11,13-17,19-20,23-24,26,28-29,31,33-42,44-68H2,1-3H3/b12-9-,21-18-,25-22-,32-30-,43-27-. The molecule has 1 atom stereocenters. The van der Waals surface area contributed by atoms with Gasteiger partial charge in [0.2, 0.25) is 0 Å². The van der Waals surface area contributed by atoms with Gasteiger partial charge in [0, 0.05) is 19.3 Å². The van der Waals surface area contributed by atoms with Gasteiger partial charge in [0.05, 0.1) is 0 Å². The second-order valence-electron chi connectivity index (χ2n) is 23.1. The van der Waals surface area contributed by atoms with E-state index in [0.29, 0.717) is 19.3 Å². The molecule has 0 aliphatic rings. The molecule has 0 aromatic heterocycles. The Labute approximate surface area is 485 Å². The largest absolute Gasteiger partial charge is 0.462 e. The number of carbonyl (C=O) groups excluding carboxylic acids is 3. The van der Waals surface area contributed by atoms with Crippen molar-refractivity contribution in [1.82, 2.24) is 0 Å². The lowest BCUT2D eigenvalue weighted by Crippen LogP contribution is -2.30. The molecule has 0 heterocycles. The third kappa shape index (κ3) is 63.9. The molecule has 0 aromatic carbocycles. The minimum absolute atomic E-state index is 0.0765. The molecular weight excluding hydrogens is 961 g/mol. The number of ether oxygens (including phenoxy) is 3. The Bertz CT molecular complexity index is 1390. The molecular formula is C72H130O6. The molecule has 0 N–H and O–H groups in total. The zero-order valence-corrected chi connectivity index (χ0v) is 52.2. The van der Waals surface area contributed by atoms with Crippen LogP contribution in [0.1, 0.15) is 361 Å². The van der Waals surface area contributed by atoms with Crippen LogP contribution in [0, 0.1) is 0 Å². The summed E-state index contributed by atoms with van der Waals surface area (Å²) < 4.78 is 17.0. The second-order valence-corrected chi connectivity index (χ2v) is 23.1. The molecule has 78 heavy (non-hydrogen) atoms. The Morgan fingerprint density at radius 1 is 0.269 bits per heavy atom. The highest BCUT2D eigenvalue weighted by Crippen LogP contribution is 2.18. The number of carbonyl (C=O) groups is 3. The quantitative estimate of drug-likeness (QED) is 0.0261. The van der Waals surface area contributed by atoms with Crippen LogP contribution in [0.4, 0.5) is 0 Å². The van der Waals surface area contributed by atoms with E-state index < -0.39 is 6.10 Å². The van der Waals surface area contributed by atoms with Crippen LogP contribution in [-0.4, -0.2) is 37.2 Å². The van der Waals surface area contributed by atoms with Crippen molar-refractivity contribution in [3.05, 3.63) is 60.8 Å². The van der Waals surface area contributed by atoms with E-state index in [1.54, 1.807) is 0 Å². The molecule has 0 saturated heterocycles. The maximum atomic E-state index is 12.9. The van der Waals surface area contributed by atoms with E-state index in [4.69, 9.17) is 14.2 Å². The fourth-order valence-corrected chi connectivity index (χ4v) is 10.1. The third-order valence-electron chi connectivity index (χ3n) is 15.3. The van der Waals surface area contributed by atoms with Crippen LogP contribution in [0.25, 0.3) is 0 Å². The first kappa shape index (κ1) is 75.1. The van der Waals surface area contributed by atoms with Crippen molar-refractivity contribution in [2.75, 3.05) is 13.2 Å². The number of rotatable bonds is 63. The van der Waals surface area contributed by atoms with Gasteiger partial charge in [0.25, 0.3) is 0 Å². The van der Waals surface area contributed by atoms with E-state index in [9.17, 15) is 14.4 Å². The Hall–Kier alpha value is -2.89. The first-order valence-corrected chi connectivity index (χ1v) is 34.3. The Balaban J connectivity index is 4.29. The van der Waals surface area contributed by atoms with Crippen LogP contribution in [0.2, 0.25) is 0 Å². The molecule has 6 heteroatoms. The molecule has 0 amide bonds. The SMILES string of the molecule is CC/C=C\C/C=C\C/C=C\CCCCCCCC(=O)OCC(COC(=O)CCCCCCCCCCCCCCC/C=C\C/C=C\CCCCCCC)OC(=O)CCCCCCCCCCCCCCCCCCCCCC. The summed E-state index contributed by atoms with van der Waals surface area (Å²) in [7, 11) is 0. The van der Waals surface area contributed by atoms with Crippen molar-refractivity contribution in [1.29, 1.82) is 0 Å². The number of hydrogen-bond acceptors (Lipinski definition) is 6. The highest BCUT2D eigenvalue weighted by molar-refractivity contribution is 5.71. The maximum Gasteiger partial charge on any atom is 0.306 e. The fraction of sp³-hybridized carbons (Fsp3) is 0.819. The van der Waals surface area contributed by atoms with Crippen LogP contribution in [0.15, 0.2) is 60.8 Å². The highest BCUT2D eigenvalue weighted by Gasteiger charge is 2.19. The molecule has 0 radical (unpaired) electrons. The lowest BCUT2D eigenvalue weighted by molar-refractivity contribution is -0.167. The van der Waals surface area contributed by atoms with Crippen molar-refractivity contribution >= 4 is 17.9 Å². The first-order chi connectivity index (χ1) is 38.5. The van der Waals surface area contributed by atoms with E-state index >= 15 is 0 Å². The van der Waals surface area contributed by atoms with Crippen molar-refractivity contribution < 1.29 is 28.6 Å². The monoisotopic (exact) mass is 1090 g/mol. The number of esters is 3. The normalized spacial score (nSPS) is 12.4. The lowest BCUT2D eigenvalue weighted by Gasteiger charge is -2.18. The molecule has 0 rings (SSSR count). The average molecular weight is 1090 g/mol. The summed E-state index contributed by atoms with van der Waals surface area (Å²) in [5.41, 5.74) is 0. The summed E-state index contributed by atoms with van der Waals surface area (Å²) >= 11 is 0. The van der Waals surface area contributed by atoms with Crippen molar-refractivity contribution in [2.24, 2.45) is 0 Å². The van der Waals surface area contributed by atoms with Gasteiger partial charge in [-0.1, -0.05) is 319 Å². The minimum atomic E-state index is -0.781. The van der Waals surface area contributed by atoms with Gasteiger partial charge in [0.1, 0.15) is 13.2 Å². The van der Waals surface area contributed by atoms with Gasteiger partial charge in [-0.3, -0.25) is 14.4 Å². The van der Waals surface area contributed by atoms with E-state index in [1.165, 1.54) is 218 Å². The summed E-state index contributed by atoms with van der Waals surface area (Å²) in [6.07, 6.45) is 85.3. The smallest absolute Gasteiger partial charge is 0.306 e.